The number of ether oxygens (including phenoxy) is 1. The maximum Gasteiger partial charge on any atom is 0.241 e. The quantitative estimate of drug-likeness (QED) is 0.687. The third kappa shape index (κ3) is 2.39. The Labute approximate surface area is 113 Å². The summed E-state index contributed by atoms with van der Waals surface area (Å²) in [6, 6.07) is 0. The number of allylic oxidation sites excluding steroid dienone is 1. The number of hydrogen-bond donors (Lipinski definition) is 0. The molecule has 0 aromatic rings. The Bertz CT molecular complexity index is 354. The summed E-state index contributed by atoms with van der Waals surface area (Å²) in [6.07, 6.45) is 7.22. The van der Waals surface area contributed by atoms with E-state index >= 15 is 0 Å². The van der Waals surface area contributed by atoms with Crippen molar-refractivity contribution >= 4 is 8.32 Å². The van der Waals surface area contributed by atoms with Crippen LogP contribution in [0.5, 0.6) is 0 Å². The lowest BCUT2D eigenvalue weighted by atomic mass is 9.66. The summed E-state index contributed by atoms with van der Waals surface area (Å²) in [6.45, 7) is 13.6. The van der Waals surface area contributed by atoms with E-state index in [1.165, 1.54) is 6.42 Å². The third-order valence-corrected chi connectivity index (χ3v) is 5.14. The van der Waals surface area contributed by atoms with E-state index in [2.05, 4.69) is 46.5 Å². The molecule has 1 aliphatic carbocycles. The molecule has 1 saturated heterocycles. The van der Waals surface area contributed by atoms with E-state index in [0.29, 0.717) is 6.10 Å². The minimum absolute atomic E-state index is 0.162. The van der Waals surface area contributed by atoms with E-state index in [9.17, 15) is 0 Å². The fraction of sp³-hybridized carbons (Fsp3) is 0.867. The molecule has 2 atom stereocenters. The predicted molar refractivity (Wildman–Crippen MR) is 78.0 cm³/mol. The minimum atomic E-state index is -1.57. The molecule has 0 radical (unpaired) electrons. The largest absolute Gasteiger partial charge is 0.545 e. The molecule has 1 heterocycles. The van der Waals surface area contributed by atoms with Crippen LogP contribution in [0.2, 0.25) is 19.6 Å². The van der Waals surface area contributed by atoms with Gasteiger partial charge < -0.3 is 9.16 Å². The van der Waals surface area contributed by atoms with Gasteiger partial charge in [-0.15, -0.1) is 0 Å². The van der Waals surface area contributed by atoms with Crippen molar-refractivity contribution in [3.63, 3.8) is 0 Å². The predicted octanol–water partition coefficient (Wildman–Crippen LogP) is 4.48. The molecule has 0 aromatic carbocycles. The Kier molecular flexibility index (Phi) is 3.44. The van der Waals surface area contributed by atoms with Crippen LogP contribution in [0, 0.1) is 5.41 Å². The van der Waals surface area contributed by atoms with Crippen molar-refractivity contribution in [2.45, 2.75) is 77.8 Å². The van der Waals surface area contributed by atoms with Gasteiger partial charge in [-0.3, -0.25) is 0 Å². The molecular weight excluding hydrogens is 240 g/mol. The lowest BCUT2D eigenvalue weighted by molar-refractivity contribution is -0.111. The molecule has 1 spiro atoms. The van der Waals surface area contributed by atoms with Crippen LogP contribution in [0.1, 0.15) is 46.5 Å². The van der Waals surface area contributed by atoms with Crippen molar-refractivity contribution in [3.8, 4) is 0 Å². The van der Waals surface area contributed by atoms with Gasteiger partial charge in [0.05, 0.1) is 6.10 Å². The molecule has 104 valence electrons. The second-order valence-corrected chi connectivity index (χ2v) is 11.9. The Morgan fingerprint density at radius 2 is 1.94 bits per heavy atom. The second kappa shape index (κ2) is 4.38. The maximum atomic E-state index is 6.39. The lowest BCUT2D eigenvalue weighted by Gasteiger charge is -2.48. The van der Waals surface area contributed by atoms with Gasteiger partial charge in [-0.1, -0.05) is 13.8 Å². The maximum absolute atomic E-state index is 6.39. The molecule has 0 aromatic heterocycles. The SMILES string of the molecule is C[C@H]1CC[C@]2(O1)C(O[Si](C)(C)C)=CCCC2(C)C. The Balaban J connectivity index is 2.35. The smallest absolute Gasteiger partial charge is 0.241 e. The molecule has 18 heavy (non-hydrogen) atoms. The van der Waals surface area contributed by atoms with Crippen LogP contribution in [-0.2, 0) is 9.16 Å². The first-order valence-electron chi connectivity index (χ1n) is 7.24. The van der Waals surface area contributed by atoms with Crippen LogP contribution < -0.4 is 0 Å². The first kappa shape index (κ1) is 14.1. The van der Waals surface area contributed by atoms with Crippen LogP contribution in [0.25, 0.3) is 0 Å². The first-order valence-corrected chi connectivity index (χ1v) is 10.6. The highest BCUT2D eigenvalue weighted by Gasteiger charge is 2.55. The highest BCUT2D eigenvalue weighted by Crippen LogP contribution is 2.54. The summed E-state index contributed by atoms with van der Waals surface area (Å²) < 4.78 is 12.8. The highest BCUT2D eigenvalue weighted by molar-refractivity contribution is 6.70. The fourth-order valence-electron chi connectivity index (χ4n) is 3.27. The summed E-state index contributed by atoms with van der Waals surface area (Å²) >= 11 is 0. The van der Waals surface area contributed by atoms with Crippen LogP contribution in [0.4, 0.5) is 0 Å². The summed E-state index contributed by atoms with van der Waals surface area (Å²) in [5, 5.41) is 0. The molecule has 2 rings (SSSR count). The van der Waals surface area contributed by atoms with E-state index in [-0.39, 0.29) is 11.0 Å². The number of rotatable bonds is 2. The van der Waals surface area contributed by atoms with Gasteiger partial charge in [-0.2, -0.15) is 0 Å². The van der Waals surface area contributed by atoms with Crippen LogP contribution in [-0.4, -0.2) is 20.0 Å². The molecule has 2 nitrogen and oxygen atoms in total. The Morgan fingerprint density at radius 3 is 2.44 bits per heavy atom. The lowest BCUT2D eigenvalue weighted by Crippen LogP contribution is -2.50. The monoisotopic (exact) mass is 268 g/mol. The fourth-order valence-corrected chi connectivity index (χ4v) is 4.17. The van der Waals surface area contributed by atoms with Crippen molar-refractivity contribution in [1.82, 2.24) is 0 Å². The molecule has 1 aliphatic heterocycles. The van der Waals surface area contributed by atoms with Gasteiger partial charge in [-0.25, -0.2) is 0 Å². The van der Waals surface area contributed by atoms with Gasteiger partial charge in [0.1, 0.15) is 11.4 Å². The second-order valence-electron chi connectivity index (χ2n) is 7.50. The highest BCUT2D eigenvalue weighted by atomic mass is 28.4. The standard InChI is InChI=1S/C15H28O2Si/c1-12-9-11-15(16-12)13(17-18(4,5)6)8-7-10-14(15,2)3/h8,12H,7,9-11H2,1-6H3/t12-,15-/m0/s1. The van der Waals surface area contributed by atoms with Gasteiger partial charge in [0.2, 0.25) is 8.32 Å². The van der Waals surface area contributed by atoms with Crippen molar-refractivity contribution in [3.05, 3.63) is 11.8 Å². The van der Waals surface area contributed by atoms with Crippen LogP contribution in [0.15, 0.2) is 11.8 Å². The molecule has 1 fully saturated rings. The Hall–Kier alpha value is -0.283. The summed E-state index contributed by atoms with van der Waals surface area (Å²) in [4.78, 5) is 0. The molecule has 0 amide bonds. The van der Waals surface area contributed by atoms with E-state index in [1.807, 2.05) is 0 Å². The van der Waals surface area contributed by atoms with E-state index in [4.69, 9.17) is 9.16 Å². The molecule has 0 saturated carbocycles. The molecule has 0 N–H and O–H groups in total. The molecular formula is C15H28O2Si. The molecule has 0 bridgehead atoms. The van der Waals surface area contributed by atoms with Crippen molar-refractivity contribution in [2.75, 3.05) is 0 Å². The van der Waals surface area contributed by atoms with Gasteiger partial charge >= 0.3 is 0 Å². The third-order valence-electron chi connectivity index (χ3n) is 4.31. The normalized spacial score (nSPS) is 35.7. The average Bonchev–Trinajstić information content (AvgIpc) is 2.56. The van der Waals surface area contributed by atoms with Crippen molar-refractivity contribution in [2.24, 2.45) is 5.41 Å². The van der Waals surface area contributed by atoms with Gasteiger partial charge in [-0.05, 0) is 58.3 Å². The molecule has 2 aliphatic rings. The van der Waals surface area contributed by atoms with Gasteiger partial charge in [0.25, 0.3) is 0 Å². The summed E-state index contributed by atoms with van der Waals surface area (Å²) in [7, 11) is -1.57. The summed E-state index contributed by atoms with van der Waals surface area (Å²) in [5.41, 5.74) is 0.0203. The zero-order chi connectivity index (χ0) is 13.6. The van der Waals surface area contributed by atoms with Gasteiger partial charge in [0.15, 0.2) is 0 Å². The zero-order valence-electron chi connectivity index (χ0n) is 12.8. The van der Waals surface area contributed by atoms with Crippen LogP contribution in [0.3, 0.4) is 0 Å². The van der Waals surface area contributed by atoms with Crippen molar-refractivity contribution in [1.29, 1.82) is 0 Å². The van der Waals surface area contributed by atoms with Crippen molar-refractivity contribution < 1.29 is 9.16 Å². The minimum Gasteiger partial charge on any atom is -0.545 e. The van der Waals surface area contributed by atoms with E-state index < -0.39 is 8.32 Å². The number of hydrogen-bond acceptors (Lipinski definition) is 2. The topological polar surface area (TPSA) is 18.5 Å². The first-order chi connectivity index (χ1) is 8.16. The molecule has 3 heteroatoms. The van der Waals surface area contributed by atoms with Gasteiger partial charge in [0, 0.05) is 5.41 Å². The Morgan fingerprint density at radius 1 is 1.28 bits per heavy atom. The van der Waals surface area contributed by atoms with E-state index in [1.54, 1.807) is 0 Å². The zero-order valence-corrected chi connectivity index (χ0v) is 13.8. The molecule has 0 unspecified atom stereocenters. The van der Waals surface area contributed by atoms with Crippen LogP contribution >= 0.6 is 0 Å². The summed E-state index contributed by atoms with van der Waals surface area (Å²) in [5.74, 6) is 1.14. The van der Waals surface area contributed by atoms with E-state index in [0.717, 1.165) is 25.0 Å². The average molecular weight is 268 g/mol.